The van der Waals surface area contributed by atoms with Gasteiger partial charge in [-0.1, -0.05) is 43.3 Å². The van der Waals surface area contributed by atoms with E-state index in [-0.39, 0.29) is 16.7 Å². The van der Waals surface area contributed by atoms with Gasteiger partial charge < -0.3 is 14.9 Å². The van der Waals surface area contributed by atoms with Crippen molar-refractivity contribution in [2.45, 2.75) is 13.8 Å². The summed E-state index contributed by atoms with van der Waals surface area (Å²) in [5.41, 5.74) is 0.520. The molecule has 1 atom stereocenters. The van der Waals surface area contributed by atoms with Crippen molar-refractivity contribution in [2.75, 3.05) is 0 Å². The molecule has 1 aromatic carbocycles. The number of halogens is 1. The van der Waals surface area contributed by atoms with Crippen LogP contribution >= 0.6 is 11.6 Å². The van der Waals surface area contributed by atoms with E-state index in [4.69, 9.17) is 16.3 Å². The highest BCUT2D eigenvalue weighted by Gasteiger charge is 2.13. The van der Waals surface area contributed by atoms with E-state index >= 15 is 0 Å². The fourth-order valence-electron chi connectivity index (χ4n) is 1.46. The first-order valence-electron chi connectivity index (χ1n) is 5.80. The summed E-state index contributed by atoms with van der Waals surface area (Å²) >= 11 is 5.80. The van der Waals surface area contributed by atoms with Gasteiger partial charge in [-0.05, 0) is 19.1 Å². The summed E-state index contributed by atoms with van der Waals surface area (Å²) in [5.74, 6) is 0.662. The second-order valence-corrected chi connectivity index (χ2v) is 4.47. The number of hydrogen-bond donors (Lipinski definition) is 2. The van der Waals surface area contributed by atoms with Crippen LogP contribution < -0.4 is 4.74 Å². The number of hydrogen-bond acceptors (Lipinski definition) is 3. The van der Waals surface area contributed by atoms with Crippen LogP contribution in [-0.4, -0.2) is 10.2 Å². The van der Waals surface area contributed by atoms with E-state index in [0.717, 1.165) is 6.26 Å². The topological polar surface area (TPSA) is 49.7 Å². The van der Waals surface area contributed by atoms with Gasteiger partial charge in [0.2, 0.25) is 0 Å². The molecule has 0 fully saturated rings. The number of aliphatic hydroxyl groups excluding tert-OH is 1. The molecular formula is C15H17ClO3. The molecule has 0 aliphatic rings. The van der Waals surface area contributed by atoms with Crippen LogP contribution in [0.3, 0.4) is 0 Å². The average Bonchev–Trinajstić information content (AvgIpc) is 2.41. The number of phenols is 1. The Balaban J connectivity index is 2.97. The van der Waals surface area contributed by atoms with E-state index in [1.54, 1.807) is 31.2 Å². The molecule has 4 heteroatoms. The van der Waals surface area contributed by atoms with Crippen molar-refractivity contribution in [3.63, 3.8) is 0 Å². The predicted octanol–water partition coefficient (Wildman–Crippen LogP) is 4.51. The molecule has 0 aliphatic heterocycles. The number of allylic oxidation sites excluding steroid dienone is 3. The minimum Gasteiger partial charge on any atom is -0.512 e. The fourth-order valence-corrected chi connectivity index (χ4v) is 1.67. The lowest BCUT2D eigenvalue weighted by atomic mass is 10.1. The Labute approximate surface area is 118 Å². The van der Waals surface area contributed by atoms with E-state index < -0.39 is 0 Å². The van der Waals surface area contributed by atoms with Crippen molar-refractivity contribution in [2.24, 2.45) is 5.92 Å². The molecule has 0 saturated carbocycles. The van der Waals surface area contributed by atoms with Gasteiger partial charge in [0, 0.05) is 11.5 Å². The number of aromatic hydroxyl groups is 1. The molecule has 0 bridgehead atoms. The predicted molar refractivity (Wildman–Crippen MR) is 77.7 cm³/mol. The van der Waals surface area contributed by atoms with Crippen molar-refractivity contribution in [3.8, 4) is 11.5 Å². The summed E-state index contributed by atoms with van der Waals surface area (Å²) in [5, 5.41) is 19.2. The summed E-state index contributed by atoms with van der Waals surface area (Å²) in [6.45, 7) is 7.14. The third-order valence-electron chi connectivity index (χ3n) is 2.67. The van der Waals surface area contributed by atoms with Gasteiger partial charge in [0.15, 0.2) is 0 Å². The van der Waals surface area contributed by atoms with Crippen LogP contribution in [0.25, 0.3) is 0 Å². The van der Waals surface area contributed by atoms with Gasteiger partial charge in [-0.15, -0.1) is 0 Å². The minimum absolute atomic E-state index is 0.0225. The van der Waals surface area contributed by atoms with Crippen LogP contribution in [0.5, 0.6) is 11.5 Å². The Morgan fingerprint density at radius 1 is 1.47 bits per heavy atom. The SMILES string of the molecule is C=C/C=C\[C@H](C)/C(=C/O)Oc1ccc(Cl)c(O)c1C. The molecule has 1 aromatic rings. The quantitative estimate of drug-likeness (QED) is 0.616. The number of ether oxygens (including phenoxy) is 1. The highest BCUT2D eigenvalue weighted by Crippen LogP contribution is 2.35. The Bertz CT molecular complexity index is 518. The number of aliphatic hydroxyl groups is 1. The summed E-state index contributed by atoms with van der Waals surface area (Å²) < 4.78 is 5.60. The van der Waals surface area contributed by atoms with Crippen molar-refractivity contribution in [3.05, 3.63) is 59.5 Å². The van der Waals surface area contributed by atoms with E-state index in [1.165, 1.54) is 0 Å². The molecule has 0 aliphatic carbocycles. The normalized spacial score (nSPS) is 13.5. The number of benzene rings is 1. The summed E-state index contributed by atoms with van der Waals surface area (Å²) in [7, 11) is 0. The zero-order valence-corrected chi connectivity index (χ0v) is 11.7. The Kier molecular flexibility index (Phi) is 5.52. The van der Waals surface area contributed by atoms with Gasteiger partial charge in [-0.25, -0.2) is 0 Å². The molecule has 0 amide bonds. The molecule has 0 heterocycles. The standard InChI is InChI=1S/C15H17ClO3/c1-4-5-6-10(2)14(9-17)19-13-8-7-12(16)15(18)11(13)3/h4-10,17-18H,1H2,2-3H3/b6-5-,14-9-/t10-/m0/s1. The second-order valence-electron chi connectivity index (χ2n) is 4.06. The van der Waals surface area contributed by atoms with Gasteiger partial charge in [0.25, 0.3) is 0 Å². The van der Waals surface area contributed by atoms with Gasteiger partial charge in [-0.3, -0.25) is 0 Å². The van der Waals surface area contributed by atoms with Crippen LogP contribution in [0.2, 0.25) is 5.02 Å². The monoisotopic (exact) mass is 280 g/mol. The first-order valence-corrected chi connectivity index (χ1v) is 6.18. The average molecular weight is 281 g/mol. The Morgan fingerprint density at radius 2 is 2.16 bits per heavy atom. The minimum atomic E-state index is -0.125. The van der Waals surface area contributed by atoms with Crippen LogP contribution in [0.15, 0.2) is 49.0 Å². The second kappa shape index (κ2) is 6.90. The van der Waals surface area contributed by atoms with E-state index in [9.17, 15) is 10.2 Å². The smallest absolute Gasteiger partial charge is 0.145 e. The first kappa shape index (κ1) is 15.2. The lowest BCUT2D eigenvalue weighted by molar-refractivity contribution is 0.336. The molecule has 3 nitrogen and oxygen atoms in total. The van der Waals surface area contributed by atoms with E-state index in [1.807, 2.05) is 13.0 Å². The maximum Gasteiger partial charge on any atom is 0.145 e. The molecule has 1 rings (SSSR count). The highest BCUT2D eigenvalue weighted by atomic mass is 35.5. The van der Waals surface area contributed by atoms with Gasteiger partial charge >= 0.3 is 0 Å². The molecule has 0 unspecified atom stereocenters. The molecular weight excluding hydrogens is 264 g/mol. The van der Waals surface area contributed by atoms with Crippen molar-refractivity contribution in [1.29, 1.82) is 0 Å². The molecule has 0 spiro atoms. The maximum absolute atomic E-state index is 9.73. The van der Waals surface area contributed by atoms with Crippen LogP contribution in [0.4, 0.5) is 0 Å². The van der Waals surface area contributed by atoms with Gasteiger partial charge in [-0.2, -0.15) is 0 Å². The lowest BCUT2D eigenvalue weighted by Crippen LogP contribution is -2.05. The first-order chi connectivity index (χ1) is 9.01. The summed E-state index contributed by atoms with van der Waals surface area (Å²) in [6.07, 6.45) is 6.15. The van der Waals surface area contributed by atoms with E-state index in [2.05, 4.69) is 6.58 Å². The van der Waals surface area contributed by atoms with Gasteiger partial charge in [0.05, 0.1) is 5.02 Å². The van der Waals surface area contributed by atoms with Crippen LogP contribution in [0.1, 0.15) is 12.5 Å². The molecule has 0 aromatic heterocycles. The summed E-state index contributed by atoms with van der Waals surface area (Å²) in [6, 6.07) is 3.18. The van der Waals surface area contributed by atoms with Crippen molar-refractivity contribution >= 4 is 11.6 Å². The lowest BCUT2D eigenvalue weighted by Gasteiger charge is -2.15. The third-order valence-corrected chi connectivity index (χ3v) is 2.98. The number of phenolic OH excluding ortho intramolecular Hbond substituents is 1. The summed E-state index contributed by atoms with van der Waals surface area (Å²) in [4.78, 5) is 0. The zero-order valence-electron chi connectivity index (χ0n) is 10.9. The number of rotatable bonds is 5. The van der Waals surface area contributed by atoms with Crippen molar-refractivity contribution < 1.29 is 14.9 Å². The molecule has 19 heavy (non-hydrogen) atoms. The molecule has 0 radical (unpaired) electrons. The van der Waals surface area contributed by atoms with Crippen LogP contribution in [-0.2, 0) is 0 Å². The highest BCUT2D eigenvalue weighted by molar-refractivity contribution is 6.32. The fraction of sp³-hybridized carbons (Fsp3) is 0.200. The van der Waals surface area contributed by atoms with Crippen LogP contribution in [0, 0.1) is 12.8 Å². The van der Waals surface area contributed by atoms with Crippen molar-refractivity contribution in [1.82, 2.24) is 0 Å². The molecule has 102 valence electrons. The maximum atomic E-state index is 9.73. The van der Waals surface area contributed by atoms with Gasteiger partial charge in [0.1, 0.15) is 23.5 Å². The zero-order chi connectivity index (χ0) is 14.4. The Hall–Kier alpha value is -1.87. The Morgan fingerprint density at radius 3 is 2.74 bits per heavy atom. The largest absolute Gasteiger partial charge is 0.512 e. The third kappa shape index (κ3) is 3.80. The molecule has 2 N–H and O–H groups in total. The van der Waals surface area contributed by atoms with E-state index in [0.29, 0.717) is 17.1 Å². The molecule has 0 saturated heterocycles.